The highest BCUT2D eigenvalue weighted by atomic mass is 16.2. The Morgan fingerprint density at radius 1 is 1.11 bits per heavy atom. The summed E-state index contributed by atoms with van der Waals surface area (Å²) < 4.78 is 0. The number of carbonyl (C=O) groups excluding carboxylic acids is 1. The van der Waals surface area contributed by atoms with Crippen molar-refractivity contribution in [3.05, 3.63) is 65.2 Å². The zero-order valence-electron chi connectivity index (χ0n) is 10.3. The molecular formula is C16H15NO. The van der Waals surface area contributed by atoms with Gasteiger partial charge in [-0.1, -0.05) is 48.0 Å². The fraction of sp³-hybridized carbons (Fsp3) is 0.188. The summed E-state index contributed by atoms with van der Waals surface area (Å²) in [6, 6.07) is 16.3. The van der Waals surface area contributed by atoms with Gasteiger partial charge in [0.25, 0.3) is 0 Å². The second kappa shape index (κ2) is 4.30. The third-order valence-electron chi connectivity index (χ3n) is 3.43. The molecule has 0 spiro atoms. The Morgan fingerprint density at radius 2 is 1.94 bits per heavy atom. The van der Waals surface area contributed by atoms with E-state index in [1.165, 1.54) is 11.1 Å². The number of carbonyl (C=O) groups is 1. The minimum atomic E-state index is -0.0528. The quantitative estimate of drug-likeness (QED) is 0.853. The van der Waals surface area contributed by atoms with Gasteiger partial charge >= 0.3 is 0 Å². The molecule has 0 unspecified atom stereocenters. The zero-order valence-corrected chi connectivity index (χ0v) is 10.3. The van der Waals surface area contributed by atoms with E-state index < -0.39 is 0 Å². The Bertz CT molecular complexity index is 604. The van der Waals surface area contributed by atoms with E-state index in [4.69, 9.17) is 0 Å². The number of fused-ring (bicyclic) bond motifs is 1. The molecule has 1 atom stereocenters. The van der Waals surface area contributed by atoms with Crippen LogP contribution in [0.25, 0.3) is 0 Å². The number of aryl methyl sites for hydroxylation is 1. The lowest BCUT2D eigenvalue weighted by atomic mass is 9.93. The second-order valence-corrected chi connectivity index (χ2v) is 4.82. The molecule has 2 aromatic carbocycles. The number of nitrogens with one attached hydrogen (secondary N) is 1. The highest BCUT2D eigenvalue weighted by molar-refractivity contribution is 6.03. The highest BCUT2D eigenvalue weighted by Gasteiger charge is 2.29. The SMILES string of the molecule is Cc1cccc(C[C@H]2C(=O)Nc3ccccc32)c1. The molecule has 3 rings (SSSR count). The Morgan fingerprint density at radius 3 is 2.78 bits per heavy atom. The molecule has 0 aromatic heterocycles. The Labute approximate surface area is 107 Å². The van der Waals surface area contributed by atoms with E-state index in [9.17, 15) is 4.79 Å². The normalized spacial score (nSPS) is 17.4. The van der Waals surface area contributed by atoms with Crippen molar-refractivity contribution in [2.24, 2.45) is 0 Å². The fourth-order valence-corrected chi connectivity index (χ4v) is 2.55. The molecule has 0 saturated carbocycles. The van der Waals surface area contributed by atoms with Crippen molar-refractivity contribution in [2.45, 2.75) is 19.3 Å². The standard InChI is InChI=1S/C16H15NO/c1-11-5-4-6-12(9-11)10-14-13-7-2-3-8-15(13)17-16(14)18/h2-9,14H,10H2,1H3,(H,17,18)/t14-/m1/s1. The van der Waals surface area contributed by atoms with Crippen LogP contribution < -0.4 is 5.32 Å². The molecule has 2 heteroatoms. The minimum Gasteiger partial charge on any atom is -0.325 e. The summed E-state index contributed by atoms with van der Waals surface area (Å²) in [4.78, 5) is 12.0. The van der Waals surface area contributed by atoms with Crippen LogP contribution >= 0.6 is 0 Å². The van der Waals surface area contributed by atoms with Crippen molar-refractivity contribution in [1.29, 1.82) is 0 Å². The summed E-state index contributed by atoms with van der Waals surface area (Å²) >= 11 is 0. The van der Waals surface area contributed by atoms with E-state index in [1.54, 1.807) is 0 Å². The van der Waals surface area contributed by atoms with Crippen molar-refractivity contribution >= 4 is 11.6 Å². The summed E-state index contributed by atoms with van der Waals surface area (Å²) in [5.74, 6) is 0.0562. The third-order valence-corrected chi connectivity index (χ3v) is 3.43. The third kappa shape index (κ3) is 1.90. The molecule has 1 aliphatic heterocycles. The lowest BCUT2D eigenvalue weighted by Crippen LogP contribution is -2.14. The Balaban J connectivity index is 1.91. The number of rotatable bonds is 2. The van der Waals surface area contributed by atoms with Crippen LogP contribution in [-0.2, 0) is 11.2 Å². The Kier molecular flexibility index (Phi) is 2.63. The van der Waals surface area contributed by atoms with Gasteiger partial charge in [-0.15, -0.1) is 0 Å². The van der Waals surface area contributed by atoms with Crippen LogP contribution in [0.4, 0.5) is 5.69 Å². The maximum Gasteiger partial charge on any atom is 0.232 e. The molecule has 0 saturated heterocycles. The molecule has 18 heavy (non-hydrogen) atoms. The molecule has 1 amide bonds. The minimum absolute atomic E-state index is 0.0528. The highest BCUT2D eigenvalue weighted by Crippen LogP contribution is 2.34. The maximum atomic E-state index is 12.0. The van der Waals surface area contributed by atoms with Gasteiger partial charge in [0.2, 0.25) is 5.91 Å². The number of anilines is 1. The van der Waals surface area contributed by atoms with Crippen molar-refractivity contribution in [1.82, 2.24) is 0 Å². The number of para-hydroxylation sites is 1. The molecule has 90 valence electrons. The lowest BCUT2D eigenvalue weighted by molar-refractivity contribution is -0.117. The topological polar surface area (TPSA) is 29.1 Å². The molecule has 1 N–H and O–H groups in total. The summed E-state index contributed by atoms with van der Waals surface area (Å²) in [6.45, 7) is 2.08. The van der Waals surface area contributed by atoms with E-state index >= 15 is 0 Å². The van der Waals surface area contributed by atoms with Crippen LogP contribution in [0.1, 0.15) is 22.6 Å². The summed E-state index contributed by atoms with van der Waals surface area (Å²) in [5.41, 5.74) is 4.52. The van der Waals surface area contributed by atoms with Crippen LogP contribution in [0.3, 0.4) is 0 Å². The van der Waals surface area contributed by atoms with Crippen LogP contribution in [0.5, 0.6) is 0 Å². The van der Waals surface area contributed by atoms with Crippen molar-refractivity contribution in [3.8, 4) is 0 Å². The van der Waals surface area contributed by atoms with Crippen LogP contribution in [-0.4, -0.2) is 5.91 Å². The van der Waals surface area contributed by atoms with Gasteiger partial charge in [0, 0.05) is 5.69 Å². The van der Waals surface area contributed by atoms with Crippen LogP contribution in [0, 0.1) is 6.92 Å². The maximum absolute atomic E-state index is 12.0. The summed E-state index contributed by atoms with van der Waals surface area (Å²) in [5, 5.41) is 2.94. The first-order chi connectivity index (χ1) is 8.74. The number of amides is 1. The van der Waals surface area contributed by atoms with Crippen molar-refractivity contribution in [2.75, 3.05) is 5.32 Å². The van der Waals surface area contributed by atoms with Crippen LogP contribution in [0.2, 0.25) is 0 Å². The predicted molar refractivity (Wildman–Crippen MR) is 72.7 cm³/mol. The molecule has 0 fully saturated rings. The molecule has 0 aliphatic carbocycles. The van der Waals surface area contributed by atoms with E-state index in [1.807, 2.05) is 30.3 Å². The van der Waals surface area contributed by atoms with Gasteiger partial charge in [0.15, 0.2) is 0 Å². The van der Waals surface area contributed by atoms with Crippen LogP contribution in [0.15, 0.2) is 48.5 Å². The number of benzene rings is 2. The van der Waals surface area contributed by atoms with Gasteiger partial charge in [0.1, 0.15) is 0 Å². The second-order valence-electron chi connectivity index (χ2n) is 4.82. The lowest BCUT2D eigenvalue weighted by Gasteiger charge is -2.09. The molecule has 1 aliphatic rings. The van der Waals surface area contributed by atoms with Gasteiger partial charge in [-0.25, -0.2) is 0 Å². The number of hydrogen-bond acceptors (Lipinski definition) is 1. The van der Waals surface area contributed by atoms with E-state index in [0.717, 1.165) is 17.7 Å². The summed E-state index contributed by atoms with van der Waals surface area (Å²) in [7, 11) is 0. The smallest absolute Gasteiger partial charge is 0.232 e. The first kappa shape index (κ1) is 11.0. The first-order valence-electron chi connectivity index (χ1n) is 6.19. The van der Waals surface area contributed by atoms with Gasteiger partial charge in [0.05, 0.1) is 5.92 Å². The predicted octanol–water partition coefficient (Wildman–Crippen LogP) is 3.27. The molecule has 0 bridgehead atoms. The average molecular weight is 237 g/mol. The first-order valence-corrected chi connectivity index (χ1v) is 6.19. The molecule has 1 heterocycles. The van der Waals surface area contributed by atoms with E-state index in [-0.39, 0.29) is 11.8 Å². The van der Waals surface area contributed by atoms with E-state index in [2.05, 4.69) is 30.4 Å². The van der Waals surface area contributed by atoms with Gasteiger partial charge < -0.3 is 5.32 Å². The molecule has 2 aromatic rings. The van der Waals surface area contributed by atoms with Crippen molar-refractivity contribution < 1.29 is 4.79 Å². The monoisotopic (exact) mass is 237 g/mol. The Hall–Kier alpha value is -2.09. The largest absolute Gasteiger partial charge is 0.325 e. The van der Waals surface area contributed by atoms with Gasteiger partial charge in [-0.3, -0.25) is 4.79 Å². The molecule has 2 nitrogen and oxygen atoms in total. The number of hydrogen-bond donors (Lipinski definition) is 1. The average Bonchev–Trinajstić information content (AvgIpc) is 2.66. The molecular weight excluding hydrogens is 222 g/mol. The molecule has 0 radical (unpaired) electrons. The van der Waals surface area contributed by atoms with Gasteiger partial charge in [-0.2, -0.15) is 0 Å². The van der Waals surface area contributed by atoms with Crippen molar-refractivity contribution in [3.63, 3.8) is 0 Å². The van der Waals surface area contributed by atoms with Gasteiger partial charge in [-0.05, 0) is 30.5 Å². The fourth-order valence-electron chi connectivity index (χ4n) is 2.55. The zero-order chi connectivity index (χ0) is 12.5. The summed E-state index contributed by atoms with van der Waals surface area (Å²) in [6.07, 6.45) is 0.768. The van der Waals surface area contributed by atoms with E-state index in [0.29, 0.717) is 0 Å².